The molecule has 4 heteroatoms. The van der Waals surface area contributed by atoms with Gasteiger partial charge in [-0.15, -0.1) is 0 Å². The van der Waals surface area contributed by atoms with Crippen LogP contribution in [0.4, 0.5) is 10.1 Å². The zero-order valence-corrected chi connectivity index (χ0v) is 15.2. The summed E-state index contributed by atoms with van der Waals surface area (Å²) in [6.07, 6.45) is 0. The first-order valence-corrected chi connectivity index (χ1v) is 8.78. The highest BCUT2D eigenvalue weighted by molar-refractivity contribution is 6.00. The van der Waals surface area contributed by atoms with Gasteiger partial charge in [-0.1, -0.05) is 17.7 Å². The molecule has 2 aromatic carbocycles. The maximum atomic E-state index is 13.0. The molecule has 1 fully saturated rings. The van der Waals surface area contributed by atoms with Gasteiger partial charge in [0.1, 0.15) is 5.82 Å². The van der Waals surface area contributed by atoms with Crippen LogP contribution in [-0.4, -0.2) is 43.4 Å². The molecule has 1 saturated heterocycles. The number of aryl methyl sites for hydroxylation is 3. The number of ketones is 1. The summed E-state index contributed by atoms with van der Waals surface area (Å²) < 4.78 is 13.0. The number of hydrogen-bond donors (Lipinski definition) is 0. The van der Waals surface area contributed by atoms with Crippen molar-refractivity contribution in [3.63, 3.8) is 0 Å². The van der Waals surface area contributed by atoms with E-state index in [1.165, 1.54) is 17.7 Å². The van der Waals surface area contributed by atoms with E-state index in [4.69, 9.17) is 0 Å². The Balaban J connectivity index is 1.61. The van der Waals surface area contributed by atoms with Crippen molar-refractivity contribution in [2.45, 2.75) is 20.8 Å². The molecule has 0 aromatic heterocycles. The number of carbonyl (C=O) groups is 1. The zero-order chi connectivity index (χ0) is 18.0. The van der Waals surface area contributed by atoms with Crippen LogP contribution in [0.25, 0.3) is 0 Å². The molecule has 25 heavy (non-hydrogen) atoms. The van der Waals surface area contributed by atoms with E-state index in [1.54, 1.807) is 0 Å². The van der Waals surface area contributed by atoms with Crippen molar-refractivity contribution in [3.8, 4) is 0 Å². The molecule has 0 aliphatic carbocycles. The number of piperazine rings is 1. The molecule has 0 N–H and O–H groups in total. The Morgan fingerprint density at radius 2 is 1.52 bits per heavy atom. The number of hydrogen-bond acceptors (Lipinski definition) is 3. The van der Waals surface area contributed by atoms with Gasteiger partial charge in [0.2, 0.25) is 0 Å². The predicted octanol–water partition coefficient (Wildman–Crippen LogP) is 3.76. The molecule has 1 aliphatic heterocycles. The smallest absolute Gasteiger partial charge is 0.177 e. The quantitative estimate of drug-likeness (QED) is 0.792. The minimum atomic E-state index is -0.211. The second-order valence-corrected chi connectivity index (χ2v) is 6.94. The van der Waals surface area contributed by atoms with E-state index in [0.717, 1.165) is 48.6 Å². The van der Waals surface area contributed by atoms with Gasteiger partial charge in [0.05, 0.1) is 6.54 Å². The minimum Gasteiger partial charge on any atom is -0.369 e. The summed E-state index contributed by atoms with van der Waals surface area (Å²) in [7, 11) is 0. The van der Waals surface area contributed by atoms with Crippen LogP contribution in [0.15, 0.2) is 36.4 Å². The molecule has 3 nitrogen and oxygen atoms in total. The molecule has 0 spiro atoms. The Kier molecular flexibility index (Phi) is 5.19. The first kappa shape index (κ1) is 17.6. The van der Waals surface area contributed by atoms with Gasteiger partial charge in [-0.3, -0.25) is 9.69 Å². The third kappa shape index (κ3) is 4.07. The van der Waals surface area contributed by atoms with Crippen molar-refractivity contribution >= 4 is 11.5 Å². The lowest BCUT2D eigenvalue weighted by molar-refractivity contribution is 0.0925. The largest absolute Gasteiger partial charge is 0.369 e. The number of anilines is 1. The minimum absolute atomic E-state index is 0.199. The van der Waals surface area contributed by atoms with Crippen LogP contribution in [0, 0.1) is 26.6 Å². The second-order valence-electron chi connectivity index (χ2n) is 6.94. The van der Waals surface area contributed by atoms with E-state index >= 15 is 0 Å². The van der Waals surface area contributed by atoms with Crippen LogP contribution in [0.3, 0.4) is 0 Å². The Hall–Kier alpha value is -2.20. The topological polar surface area (TPSA) is 23.6 Å². The van der Waals surface area contributed by atoms with Gasteiger partial charge in [0.25, 0.3) is 0 Å². The maximum absolute atomic E-state index is 13.0. The summed E-state index contributed by atoms with van der Waals surface area (Å²) in [5.41, 5.74) is 5.23. The van der Waals surface area contributed by atoms with Crippen LogP contribution in [-0.2, 0) is 0 Å². The fourth-order valence-electron chi connectivity index (χ4n) is 3.72. The van der Waals surface area contributed by atoms with Gasteiger partial charge >= 0.3 is 0 Å². The number of carbonyl (C=O) groups excluding carboxylic acids is 1. The Bertz CT molecular complexity index is 739. The lowest BCUT2D eigenvalue weighted by atomic mass is 9.96. The molecule has 1 heterocycles. The average Bonchev–Trinajstić information content (AvgIpc) is 2.55. The average molecular weight is 340 g/mol. The van der Waals surface area contributed by atoms with Gasteiger partial charge in [-0.05, 0) is 56.2 Å². The molecule has 3 rings (SSSR count). The highest BCUT2D eigenvalue weighted by Gasteiger charge is 2.21. The number of benzene rings is 2. The van der Waals surface area contributed by atoms with Gasteiger partial charge in [0, 0.05) is 37.4 Å². The van der Waals surface area contributed by atoms with Gasteiger partial charge in [0.15, 0.2) is 5.78 Å². The molecule has 1 aliphatic rings. The summed E-state index contributed by atoms with van der Waals surface area (Å²) in [5.74, 6) is -0.0120. The van der Waals surface area contributed by atoms with E-state index in [2.05, 4.69) is 28.9 Å². The van der Waals surface area contributed by atoms with E-state index in [0.29, 0.717) is 6.54 Å². The fraction of sp³-hybridized carbons (Fsp3) is 0.381. The number of halogens is 1. The maximum Gasteiger partial charge on any atom is 0.177 e. The SMILES string of the molecule is Cc1cc(C)c(C(=O)CN2CCN(c3ccc(F)cc3)CC2)c(C)c1. The number of Topliss-reactive ketones (excluding diaryl/α,β-unsaturated/α-hetero) is 1. The second kappa shape index (κ2) is 7.36. The molecule has 0 unspecified atom stereocenters. The lowest BCUT2D eigenvalue weighted by Crippen LogP contribution is -2.48. The zero-order valence-electron chi connectivity index (χ0n) is 15.2. The first-order chi connectivity index (χ1) is 11.9. The third-order valence-corrected chi connectivity index (χ3v) is 4.89. The molecular weight excluding hydrogens is 315 g/mol. The highest BCUT2D eigenvalue weighted by Crippen LogP contribution is 2.19. The van der Waals surface area contributed by atoms with Crippen LogP contribution >= 0.6 is 0 Å². The van der Waals surface area contributed by atoms with Crippen molar-refractivity contribution in [2.24, 2.45) is 0 Å². The third-order valence-electron chi connectivity index (χ3n) is 4.89. The van der Waals surface area contributed by atoms with Crippen molar-refractivity contribution in [2.75, 3.05) is 37.6 Å². The monoisotopic (exact) mass is 340 g/mol. The summed E-state index contributed by atoms with van der Waals surface area (Å²) in [6.45, 7) is 9.93. The summed E-state index contributed by atoms with van der Waals surface area (Å²) in [5, 5.41) is 0. The van der Waals surface area contributed by atoms with Gasteiger partial charge in [-0.25, -0.2) is 4.39 Å². The van der Waals surface area contributed by atoms with E-state index in [9.17, 15) is 9.18 Å². The summed E-state index contributed by atoms with van der Waals surface area (Å²) in [6, 6.07) is 10.8. The van der Waals surface area contributed by atoms with Gasteiger partial charge < -0.3 is 4.90 Å². The van der Waals surface area contributed by atoms with E-state index in [-0.39, 0.29) is 11.6 Å². The number of rotatable bonds is 4. The van der Waals surface area contributed by atoms with Crippen LogP contribution in [0.5, 0.6) is 0 Å². The van der Waals surface area contributed by atoms with E-state index in [1.807, 2.05) is 26.0 Å². The summed E-state index contributed by atoms with van der Waals surface area (Å²) in [4.78, 5) is 17.2. The van der Waals surface area contributed by atoms with Gasteiger partial charge in [-0.2, -0.15) is 0 Å². The molecule has 0 atom stereocenters. The van der Waals surface area contributed by atoms with Crippen LogP contribution in [0.1, 0.15) is 27.0 Å². The Morgan fingerprint density at radius 3 is 2.08 bits per heavy atom. The molecule has 2 aromatic rings. The normalized spacial score (nSPS) is 15.4. The highest BCUT2D eigenvalue weighted by atomic mass is 19.1. The molecule has 0 radical (unpaired) electrons. The predicted molar refractivity (Wildman–Crippen MR) is 100 cm³/mol. The standard InChI is InChI=1S/C21H25FN2O/c1-15-12-16(2)21(17(3)13-15)20(25)14-23-8-10-24(11-9-23)19-6-4-18(22)5-7-19/h4-7,12-13H,8-11,14H2,1-3H3. The van der Waals surface area contributed by atoms with Crippen LogP contribution in [0.2, 0.25) is 0 Å². The molecule has 0 saturated carbocycles. The fourth-order valence-corrected chi connectivity index (χ4v) is 3.72. The molecule has 0 amide bonds. The lowest BCUT2D eigenvalue weighted by Gasteiger charge is -2.35. The summed E-state index contributed by atoms with van der Waals surface area (Å²) >= 11 is 0. The van der Waals surface area contributed by atoms with Crippen molar-refractivity contribution < 1.29 is 9.18 Å². The molecule has 0 bridgehead atoms. The van der Waals surface area contributed by atoms with Crippen molar-refractivity contribution in [1.29, 1.82) is 0 Å². The first-order valence-electron chi connectivity index (χ1n) is 8.78. The van der Waals surface area contributed by atoms with Crippen LogP contribution < -0.4 is 4.90 Å². The Morgan fingerprint density at radius 1 is 0.960 bits per heavy atom. The van der Waals surface area contributed by atoms with E-state index < -0.39 is 0 Å². The molecule has 132 valence electrons. The molecular formula is C21H25FN2O. The van der Waals surface area contributed by atoms with Crippen molar-refractivity contribution in [3.05, 3.63) is 64.5 Å². The Labute approximate surface area is 149 Å². The van der Waals surface area contributed by atoms with Crippen molar-refractivity contribution in [1.82, 2.24) is 4.90 Å². The number of nitrogens with zero attached hydrogens (tertiary/aromatic N) is 2.